The first kappa shape index (κ1) is 13.8. The molecule has 1 unspecified atom stereocenters. The van der Waals surface area contributed by atoms with E-state index < -0.39 is 0 Å². The molecule has 1 amide bonds. The summed E-state index contributed by atoms with van der Waals surface area (Å²) in [6, 6.07) is 16.0. The minimum absolute atomic E-state index is 0.0850. The van der Waals surface area contributed by atoms with Crippen molar-refractivity contribution in [3.8, 4) is 0 Å². The Labute approximate surface area is 125 Å². The summed E-state index contributed by atoms with van der Waals surface area (Å²) < 4.78 is 0. The van der Waals surface area contributed by atoms with Gasteiger partial charge in [-0.3, -0.25) is 9.78 Å². The molecule has 1 aromatic carbocycles. The Morgan fingerprint density at radius 2 is 1.90 bits per heavy atom. The molecular formula is C18H20N2O. The van der Waals surface area contributed by atoms with Gasteiger partial charge in [0.2, 0.25) is 0 Å². The highest BCUT2D eigenvalue weighted by atomic mass is 16.1. The van der Waals surface area contributed by atoms with Crippen LogP contribution in [0.25, 0.3) is 0 Å². The Kier molecular flexibility index (Phi) is 4.29. The van der Waals surface area contributed by atoms with Crippen molar-refractivity contribution in [2.24, 2.45) is 5.92 Å². The highest BCUT2D eigenvalue weighted by molar-refractivity contribution is 5.92. The van der Waals surface area contributed by atoms with Crippen molar-refractivity contribution in [3.05, 3.63) is 66.0 Å². The van der Waals surface area contributed by atoms with Crippen LogP contribution in [0.15, 0.2) is 54.7 Å². The predicted molar refractivity (Wildman–Crippen MR) is 83.1 cm³/mol. The fourth-order valence-electron chi connectivity index (χ4n) is 2.80. The molecule has 1 aliphatic carbocycles. The average Bonchev–Trinajstić information content (AvgIpc) is 3.38. The zero-order valence-corrected chi connectivity index (χ0v) is 12.0. The van der Waals surface area contributed by atoms with Crippen molar-refractivity contribution in [1.29, 1.82) is 0 Å². The van der Waals surface area contributed by atoms with E-state index in [9.17, 15) is 4.79 Å². The third kappa shape index (κ3) is 3.69. The molecule has 0 bridgehead atoms. The first-order valence-corrected chi connectivity index (χ1v) is 7.59. The molecule has 0 saturated heterocycles. The normalized spacial score (nSPS) is 15.4. The maximum atomic E-state index is 12.0. The number of nitrogens with zero attached hydrogens (tertiary/aromatic N) is 1. The third-order valence-corrected chi connectivity index (χ3v) is 4.06. The van der Waals surface area contributed by atoms with Crippen molar-refractivity contribution < 1.29 is 4.79 Å². The van der Waals surface area contributed by atoms with Gasteiger partial charge in [0.05, 0.1) is 0 Å². The lowest BCUT2D eigenvalue weighted by Crippen LogP contribution is -2.26. The van der Waals surface area contributed by atoms with Gasteiger partial charge in [0.25, 0.3) is 5.91 Å². The van der Waals surface area contributed by atoms with E-state index in [1.54, 1.807) is 12.3 Å². The fourth-order valence-corrected chi connectivity index (χ4v) is 2.80. The van der Waals surface area contributed by atoms with Crippen LogP contribution >= 0.6 is 0 Å². The highest BCUT2D eigenvalue weighted by Crippen LogP contribution is 2.44. The molecule has 1 saturated carbocycles. The molecule has 1 N–H and O–H groups in total. The van der Waals surface area contributed by atoms with Crippen LogP contribution in [-0.4, -0.2) is 17.4 Å². The number of hydrogen-bond donors (Lipinski definition) is 1. The topological polar surface area (TPSA) is 42.0 Å². The number of nitrogens with one attached hydrogen (secondary N) is 1. The SMILES string of the molecule is O=C(NCCC(c1ccccc1)C1CC1)c1ccccn1. The molecule has 1 aliphatic rings. The lowest BCUT2D eigenvalue weighted by atomic mass is 9.91. The second-order valence-corrected chi connectivity index (χ2v) is 5.61. The van der Waals surface area contributed by atoms with Crippen LogP contribution in [-0.2, 0) is 0 Å². The largest absolute Gasteiger partial charge is 0.351 e. The van der Waals surface area contributed by atoms with E-state index in [-0.39, 0.29) is 5.91 Å². The fraction of sp³-hybridized carbons (Fsp3) is 0.333. The number of carbonyl (C=O) groups excluding carboxylic acids is 1. The van der Waals surface area contributed by atoms with Crippen LogP contribution < -0.4 is 5.32 Å². The number of hydrogen-bond acceptors (Lipinski definition) is 2. The van der Waals surface area contributed by atoms with Gasteiger partial charge < -0.3 is 5.32 Å². The van der Waals surface area contributed by atoms with Crippen molar-refractivity contribution in [2.75, 3.05) is 6.54 Å². The number of carbonyl (C=O) groups is 1. The van der Waals surface area contributed by atoms with Crippen molar-refractivity contribution in [2.45, 2.75) is 25.2 Å². The molecule has 21 heavy (non-hydrogen) atoms. The standard InChI is InChI=1S/C18H20N2O/c21-18(17-8-4-5-12-19-17)20-13-11-16(15-9-10-15)14-6-2-1-3-7-14/h1-8,12,15-16H,9-11,13H2,(H,20,21). The Balaban J connectivity index is 1.55. The monoisotopic (exact) mass is 280 g/mol. The van der Waals surface area contributed by atoms with Gasteiger partial charge in [-0.05, 0) is 48.8 Å². The Morgan fingerprint density at radius 3 is 2.57 bits per heavy atom. The molecule has 1 fully saturated rings. The van der Waals surface area contributed by atoms with Gasteiger partial charge in [0.15, 0.2) is 0 Å². The first-order chi connectivity index (χ1) is 10.3. The molecule has 0 aliphatic heterocycles. The summed E-state index contributed by atoms with van der Waals surface area (Å²) in [6.07, 6.45) is 5.26. The summed E-state index contributed by atoms with van der Waals surface area (Å²) in [5.41, 5.74) is 1.88. The number of aromatic nitrogens is 1. The molecule has 108 valence electrons. The van der Waals surface area contributed by atoms with Gasteiger partial charge in [-0.2, -0.15) is 0 Å². The highest BCUT2D eigenvalue weighted by Gasteiger charge is 2.31. The Bertz CT molecular complexity index is 579. The van der Waals surface area contributed by atoms with Gasteiger partial charge >= 0.3 is 0 Å². The van der Waals surface area contributed by atoms with E-state index in [0.717, 1.165) is 12.3 Å². The quantitative estimate of drug-likeness (QED) is 0.881. The molecule has 0 radical (unpaired) electrons. The lowest BCUT2D eigenvalue weighted by molar-refractivity contribution is 0.0947. The number of pyridine rings is 1. The zero-order chi connectivity index (χ0) is 14.5. The maximum Gasteiger partial charge on any atom is 0.269 e. The van der Waals surface area contributed by atoms with Crippen LogP contribution in [0, 0.1) is 5.92 Å². The van der Waals surface area contributed by atoms with Crippen molar-refractivity contribution in [1.82, 2.24) is 10.3 Å². The Morgan fingerprint density at radius 1 is 1.14 bits per heavy atom. The average molecular weight is 280 g/mol. The van der Waals surface area contributed by atoms with Crippen LogP contribution in [0.4, 0.5) is 0 Å². The van der Waals surface area contributed by atoms with Gasteiger partial charge in [-0.25, -0.2) is 0 Å². The lowest BCUT2D eigenvalue weighted by Gasteiger charge is -2.17. The maximum absolute atomic E-state index is 12.0. The van der Waals surface area contributed by atoms with E-state index in [2.05, 4.69) is 40.6 Å². The van der Waals surface area contributed by atoms with Gasteiger partial charge in [-0.15, -0.1) is 0 Å². The minimum Gasteiger partial charge on any atom is -0.351 e. The molecule has 0 spiro atoms. The van der Waals surface area contributed by atoms with Gasteiger partial charge in [0, 0.05) is 12.7 Å². The van der Waals surface area contributed by atoms with Crippen molar-refractivity contribution >= 4 is 5.91 Å². The minimum atomic E-state index is -0.0850. The van der Waals surface area contributed by atoms with Crippen LogP contribution in [0.3, 0.4) is 0 Å². The molecule has 3 rings (SSSR count). The third-order valence-electron chi connectivity index (χ3n) is 4.06. The second-order valence-electron chi connectivity index (χ2n) is 5.61. The summed E-state index contributed by atoms with van der Waals surface area (Å²) in [5.74, 6) is 1.27. The van der Waals surface area contributed by atoms with E-state index in [1.807, 2.05) is 12.1 Å². The predicted octanol–water partition coefficient (Wildman–Crippen LogP) is 3.40. The van der Waals surface area contributed by atoms with E-state index in [1.165, 1.54) is 18.4 Å². The zero-order valence-electron chi connectivity index (χ0n) is 12.0. The molecule has 3 heteroatoms. The van der Waals surface area contributed by atoms with Crippen LogP contribution in [0.1, 0.15) is 41.2 Å². The van der Waals surface area contributed by atoms with Crippen LogP contribution in [0.5, 0.6) is 0 Å². The Hall–Kier alpha value is -2.16. The molecule has 2 aromatic rings. The van der Waals surface area contributed by atoms with E-state index in [4.69, 9.17) is 0 Å². The summed E-state index contributed by atoms with van der Waals surface area (Å²) in [6.45, 7) is 0.700. The summed E-state index contributed by atoms with van der Waals surface area (Å²) >= 11 is 0. The molecule has 1 heterocycles. The summed E-state index contributed by atoms with van der Waals surface area (Å²) in [4.78, 5) is 16.0. The van der Waals surface area contributed by atoms with E-state index >= 15 is 0 Å². The van der Waals surface area contributed by atoms with Crippen molar-refractivity contribution in [3.63, 3.8) is 0 Å². The molecule has 3 nitrogen and oxygen atoms in total. The second kappa shape index (κ2) is 6.53. The number of amides is 1. The molecule has 1 atom stereocenters. The molecular weight excluding hydrogens is 260 g/mol. The number of benzene rings is 1. The summed E-state index contributed by atoms with van der Waals surface area (Å²) in [5, 5.41) is 2.98. The smallest absolute Gasteiger partial charge is 0.269 e. The number of rotatable bonds is 6. The van der Waals surface area contributed by atoms with Crippen LogP contribution in [0.2, 0.25) is 0 Å². The first-order valence-electron chi connectivity index (χ1n) is 7.59. The van der Waals surface area contributed by atoms with Gasteiger partial charge in [0.1, 0.15) is 5.69 Å². The molecule has 1 aromatic heterocycles. The summed E-state index contributed by atoms with van der Waals surface area (Å²) in [7, 11) is 0. The van der Waals surface area contributed by atoms with Gasteiger partial charge in [-0.1, -0.05) is 36.4 Å². The van der Waals surface area contributed by atoms with E-state index in [0.29, 0.717) is 18.2 Å².